The molecule has 0 spiro atoms. The second-order valence-corrected chi connectivity index (χ2v) is 5.34. The van der Waals surface area contributed by atoms with Crippen molar-refractivity contribution in [2.75, 3.05) is 6.54 Å². The maximum Gasteiger partial charge on any atom is 0.308 e. The number of amides is 1. The molecule has 0 aliphatic heterocycles. The van der Waals surface area contributed by atoms with E-state index in [1.807, 2.05) is 20.8 Å². The van der Waals surface area contributed by atoms with Gasteiger partial charge < -0.3 is 10.4 Å². The van der Waals surface area contributed by atoms with E-state index in [2.05, 4.69) is 20.5 Å². The standard InChI is InChI=1S/C11H18N4O3/c1-11(2,3)4-7(10(17)18)5-12-9(16)8-13-6-14-15-8/h6-7H,4-5H2,1-3H3,(H,12,16)(H,17,18)(H,13,14,15). The Morgan fingerprint density at radius 2 is 2.17 bits per heavy atom. The molecule has 0 radical (unpaired) electrons. The van der Waals surface area contributed by atoms with Crippen LogP contribution in [0, 0.1) is 11.3 Å². The van der Waals surface area contributed by atoms with Crippen molar-refractivity contribution in [2.24, 2.45) is 11.3 Å². The van der Waals surface area contributed by atoms with Crippen LogP contribution in [0.3, 0.4) is 0 Å². The van der Waals surface area contributed by atoms with Crippen LogP contribution in [0.5, 0.6) is 0 Å². The smallest absolute Gasteiger partial charge is 0.308 e. The van der Waals surface area contributed by atoms with Gasteiger partial charge in [-0.15, -0.1) is 0 Å². The number of aromatic nitrogens is 3. The van der Waals surface area contributed by atoms with Gasteiger partial charge in [-0.1, -0.05) is 20.8 Å². The number of rotatable bonds is 5. The van der Waals surface area contributed by atoms with E-state index in [4.69, 9.17) is 5.11 Å². The van der Waals surface area contributed by atoms with E-state index in [9.17, 15) is 9.59 Å². The predicted molar refractivity (Wildman–Crippen MR) is 63.9 cm³/mol. The number of hydrogen-bond donors (Lipinski definition) is 3. The van der Waals surface area contributed by atoms with Gasteiger partial charge in [0.15, 0.2) is 0 Å². The minimum atomic E-state index is -0.914. The molecule has 0 aliphatic carbocycles. The van der Waals surface area contributed by atoms with Gasteiger partial charge in [0.2, 0.25) is 5.82 Å². The van der Waals surface area contributed by atoms with Gasteiger partial charge in [0.05, 0.1) is 5.92 Å². The third-order valence-corrected chi connectivity index (χ3v) is 2.35. The molecule has 1 aromatic heterocycles. The molecule has 1 unspecified atom stereocenters. The fourth-order valence-electron chi connectivity index (χ4n) is 1.60. The number of carbonyl (C=O) groups is 2. The summed E-state index contributed by atoms with van der Waals surface area (Å²) >= 11 is 0. The van der Waals surface area contributed by atoms with Crippen LogP contribution in [-0.4, -0.2) is 38.7 Å². The molecule has 1 heterocycles. The first-order valence-electron chi connectivity index (χ1n) is 5.66. The predicted octanol–water partition coefficient (Wildman–Crippen LogP) is 0.671. The molecular weight excluding hydrogens is 236 g/mol. The van der Waals surface area contributed by atoms with Crippen molar-refractivity contribution in [1.29, 1.82) is 0 Å². The Morgan fingerprint density at radius 3 is 2.61 bits per heavy atom. The first-order valence-corrected chi connectivity index (χ1v) is 5.66. The number of carbonyl (C=O) groups excluding carboxylic acids is 1. The van der Waals surface area contributed by atoms with Crippen LogP contribution in [0.2, 0.25) is 0 Å². The van der Waals surface area contributed by atoms with Gasteiger partial charge in [-0.3, -0.25) is 14.7 Å². The summed E-state index contributed by atoms with van der Waals surface area (Å²) in [6.45, 7) is 5.95. The van der Waals surface area contributed by atoms with Crippen LogP contribution in [0.15, 0.2) is 6.33 Å². The summed E-state index contributed by atoms with van der Waals surface area (Å²) < 4.78 is 0. The lowest BCUT2D eigenvalue weighted by molar-refractivity contribution is -0.142. The van der Waals surface area contributed by atoms with Gasteiger partial charge >= 0.3 is 5.97 Å². The SMILES string of the molecule is CC(C)(C)CC(CNC(=O)c1ncn[nH]1)C(=O)O. The molecule has 1 rings (SSSR count). The lowest BCUT2D eigenvalue weighted by atomic mass is 9.84. The minimum Gasteiger partial charge on any atom is -0.481 e. The number of aromatic amines is 1. The number of carboxylic acids is 1. The molecule has 7 heteroatoms. The highest BCUT2D eigenvalue weighted by Gasteiger charge is 2.25. The fourth-order valence-corrected chi connectivity index (χ4v) is 1.60. The Hall–Kier alpha value is -1.92. The molecule has 0 bridgehead atoms. The van der Waals surface area contributed by atoms with Crippen molar-refractivity contribution in [1.82, 2.24) is 20.5 Å². The Morgan fingerprint density at radius 1 is 1.50 bits per heavy atom. The van der Waals surface area contributed by atoms with Gasteiger partial charge in [-0.25, -0.2) is 4.98 Å². The Bertz CT molecular complexity index is 408. The van der Waals surface area contributed by atoms with Gasteiger partial charge in [0.1, 0.15) is 6.33 Å². The van der Waals surface area contributed by atoms with Crippen molar-refractivity contribution >= 4 is 11.9 Å². The third kappa shape index (κ3) is 4.52. The van der Waals surface area contributed by atoms with E-state index in [1.54, 1.807) is 0 Å². The van der Waals surface area contributed by atoms with Crippen LogP contribution in [0.1, 0.15) is 37.8 Å². The van der Waals surface area contributed by atoms with Gasteiger partial charge in [-0.05, 0) is 11.8 Å². The molecule has 0 saturated heterocycles. The zero-order valence-corrected chi connectivity index (χ0v) is 10.7. The van der Waals surface area contributed by atoms with E-state index in [0.717, 1.165) is 0 Å². The molecule has 0 aromatic carbocycles. The van der Waals surface area contributed by atoms with Crippen LogP contribution >= 0.6 is 0 Å². The normalized spacial score (nSPS) is 13.1. The topological polar surface area (TPSA) is 108 Å². The van der Waals surface area contributed by atoms with Crippen molar-refractivity contribution in [3.63, 3.8) is 0 Å². The fraction of sp³-hybridized carbons (Fsp3) is 0.636. The summed E-state index contributed by atoms with van der Waals surface area (Å²) in [7, 11) is 0. The molecule has 0 saturated carbocycles. The van der Waals surface area contributed by atoms with Crippen molar-refractivity contribution in [2.45, 2.75) is 27.2 Å². The molecule has 1 aromatic rings. The number of nitrogens with one attached hydrogen (secondary N) is 2. The molecule has 1 atom stereocenters. The molecule has 100 valence electrons. The summed E-state index contributed by atoms with van der Waals surface area (Å²) in [6.07, 6.45) is 1.71. The molecule has 0 fully saturated rings. The lowest BCUT2D eigenvalue weighted by Crippen LogP contribution is -2.35. The Labute approximate surface area is 105 Å². The highest BCUT2D eigenvalue weighted by Crippen LogP contribution is 2.24. The third-order valence-electron chi connectivity index (χ3n) is 2.35. The number of carboxylic acid groups (broad SMARTS) is 1. The molecule has 0 aliphatic rings. The van der Waals surface area contributed by atoms with E-state index in [-0.39, 0.29) is 17.8 Å². The number of nitrogens with zero attached hydrogens (tertiary/aromatic N) is 2. The van der Waals surface area contributed by atoms with E-state index in [0.29, 0.717) is 6.42 Å². The average Bonchev–Trinajstić information content (AvgIpc) is 2.75. The second-order valence-electron chi connectivity index (χ2n) is 5.34. The Kier molecular flexibility index (Phi) is 4.41. The summed E-state index contributed by atoms with van der Waals surface area (Å²) in [6, 6.07) is 0. The quantitative estimate of drug-likeness (QED) is 0.715. The molecule has 18 heavy (non-hydrogen) atoms. The monoisotopic (exact) mass is 254 g/mol. The second kappa shape index (κ2) is 5.61. The minimum absolute atomic E-state index is 0.0755. The first-order chi connectivity index (χ1) is 8.29. The number of hydrogen-bond acceptors (Lipinski definition) is 4. The summed E-state index contributed by atoms with van der Waals surface area (Å²) in [5.41, 5.74) is -0.111. The molecule has 1 amide bonds. The molecule has 7 nitrogen and oxygen atoms in total. The summed E-state index contributed by atoms with van der Waals surface area (Å²) in [5.74, 6) is -1.90. The Balaban J connectivity index is 2.53. The van der Waals surface area contributed by atoms with Gasteiger partial charge in [-0.2, -0.15) is 5.10 Å². The molecular formula is C11H18N4O3. The van der Waals surface area contributed by atoms with E-state index in [1.165, 1.54) is 6.33 Å². The highest BCUT2D eigenvalue weighted by atomic mass is 16.4. The van der Waals surface area contributed by atoms with Crippen molar-refractivity contribution < 1.29 is 14.7 Å². The largest absolute Gasteiger partial charge is 0.481 e. The first kappa shape index (κ1) is 14.1. The van der Waals surface area contributed by atoms with E-state index >= 15 is 0 Å². The van der Waals surface area contributed by atoms with Crippen molar-refractivity contribution in [3.8, 4) is 0 Å². The number of H-pyrrole nitrogens is 1. The van der Waals surface area contributed by atoms with Crippen LogP contribution in [0.25, 0.3) is 0 Å². The van der Waals surface area contributed by atoms with Gasteiger partial charge in [0, 0.05) is 6.54 Å². The number of aliphatic carboxylic acids is 1. The highest BCUT2D eigenvalue weighted by molar-refractivity contribution is 5.90. The average molecular weight is 254 g/mol. The van der Waals surface area contributed by atoms with Crippen LogP contribution < -0.4 is 5.32 Å². The van der Waals surface area contributed by atoms with Crippen molar-refractivity contribution in [3.05, 3.63) is 12.2 Å². The molecule has 3 N–H and O–H groups in total. The lowest BCUT2D eigenvalue weighted by Gasteiger charge is -2.23. The summed E-state index contributed by atoms with van der Waals surface area (Å²) in [4.78, 5) is 26.3. The maximum atomic E-state index is 11.6. The maximum absolute atomic E-state index is 11.6. The van der Waals surface area contributed by atoms with Crippen LogP contribution in [-0.2, 0) is 4.79 Å². The van der Waals surface area contributed by atoms with E-state index < -0.39 is 17.8 Å². The summed E-state index contributed by atoms with van der Waals surface area (Å²) in [5, 5.41) is 17.6. The van der Waals surface area contributed by atoms with Gasteiger partial charge in [0.25, 0.3) is 5.91 Å². The van der Waals surface area contributed by atoms with Crippen LogP contribution in [0.4, 0.5) is 0 Å². The zero-order valence-electron chi connectivity index (χ0n) is 10.7. The zero-order chi connectivity index (χ0) is 13.8.